The van der Waals surface area contributed by atoms with E-state index in [2.05, 4.69) is 25.9 Å². The van der Waals surface area contributed by atoms with E-state index in [4.69, 9.17) is 5.11 Å². The number of hydrogen-bond acceptors (Lipinski definition) is 3. The molecule has 0 bridgehead atoms. The number of aromatic nitrogens is 2. The van der Waals surface area contributed by atoms with E-state index in [1.807, 2.05) is 17.8 Å². The molecule has 100 valence electrons. The Balaban J connectivity index is 1.93. The summed E-state index contributed by atoms with van der Waals surface area (Å²) in [4.78, 5) is 13.2. The lowest BCUT2D eigenvalue weighted by Crippen LogP contribution is -2.45. The van der Waals surface area contributed by atoms with Gasteiger partial charge in [0.2, 0.25) is 0 Å². The molecule has 0 radical (unpaired) electrons. The Morgan fingerprint density at radius 1 is 1.61 bits per heavy atom. The highest BCUT2D eigenvalue weighted by atomic mass is 79.9. The van der Waals surface area contributed by atoms with Gasteiger partial charge in [0, 0.05) is 19.3 Å². The first-order valence-electron chi connectivity index (χ1n) is 6.28. The third kappa shape index (κ3) is 2.92. The van der Waals surface area contributed by atoms with Crippen LogP contribution in [-0.2, 0) is 4.79 Å². The van der Waals surface area contributed by atoms with E-state index in [-0.39, 0.29) is 6.04 Å². The van der Waals surface area contributed by atoms with Crippen molar-refractivity contribution >= 4 is 21.9 Å². The molecule has 0 aromatic carbocycles. The molecule has 1 aliphatic heterocycles. The van der Waals surface area contributed by atoms with Crippen LogP contribution in [0, 0.1) is 0 Å². The van der Waals surface area contributed by atoms with Crippen molar-refractivity contribution in [2.45, 2.75) is 38.3 Å². The molecule has 0 spiro atoms. The summed E-state index contributed by atoms with van der Waals surface area (Å²) in [6.45, 7) is 3.58. The van der Waals surface area contributed by atoms with Gasteiger partial charge in [0.1, 0.15) is 6.04 Å². The van der Waals surface area contributed by atoms with Crippen LogP contribution in [0.5, 0.6) is 0 Å². The largest absolute Gasteiger partial charge is 0.480 e. The molecule has 1 aliphatic rings. The topological polar surface area (TPSA) is 58.4 Å². The summed E-state index contributed by atoms with van der Waals surface area (Å²) < 4.78 is 2.96. The van der Waals surface area contributed by atoms with Crippen molar-refractivity contribution in [1.82, 2.24) is 14.7 Å². The minimum Gasteiger partial charge on any atom is -0.480 e. The molecule has 1 N–H and O–H groups in total. The first-order chi connectivity index (χ1) is 8.61. The minimum absolute atomic E-state index is 0.338. The molecule has 1 atom stereocenters. The molecule has 1 saturated heterocycles. The predicted octanol–water partition coefficient (Wildman–Crippen LogP) is 2.15. The molecular weight excluding hydrogens is 298 g/mol. The lowest BCUT2D eigenvalue weighted by Gasteiger charge is -2.35. The van der Waals surface area contributed by atoms with E-state index < -0.39 is 5.97 Å². The van der Waals surface area contributed by atoms with Crippen LogP contribution in [0.4, 0.5) is 0 Å². The number of carboxylic acid groups (broad SMARTS) is 1. The third-order valence-corrected chi connectivity index (χ3v) is 3.97. The highest BCUT2D eigenvalue weighted by molar-refractivity contribution is 9.10. The zero-order chi connectivity index (χ0) is 13.1. The average Bonchev–Trinajstić information content (AvgIpc) is 2.77. The van der Waals surface area contributed by atoms with Gasteiger partial charge >= 0.3 is 5.97 Å². The smallest absolute Gasteiger partial charge is 0.320 e. The Morgan fingerprint density at radius 2 is 2.28 bits per heavy atom. The van der Waals surface area contributed by atoms with Crippen LogP contribution >= 0.6 is 15.9 Å². The molecule has 1 aromatic heterocycles. The molecule has 5 nitrogen and oxygen atoms in total. The number of halogens is 1. The zero-order valence-electron chi connectivity index (χ0n) is 10.4. The highest BCUT2D eigenvalue weighted by Gasteiger charge is 2.28. The molecule has 0 saturated carbocycles. The van der Waals surface area contributed by atoms with E-state index >= 15 is 0 Å². The summed E-state index contributed by atoms with van der Waals surface area (Å²) >= 11 is 3.39. The average molecular weight is 316 g/mol. The first kappa shape index (κ1) is 13.5. The molecule has 2 rings (SSSR count). The maximum Gasteiger partial charge on any atom is 0.320 e. The Hall–Kier alpha value is -0.880. The van der Waals surface area contributed by atoms with Crippen molar-refractivity contribution in [2.75, 3.05) is 13.1 Å². The van der Waals surface area contributed by atoms with Crippen LogP contribution in [0.15, 0.2) is 16.9 Å². The van der Waals surface area contributed by atoms with Crippen LogP contribution in [0.2, 0.25) is 0 Å². The second-order valence-corrected chi connectivity index (χ2v) is 5.58. The summed E-state index contributed by atoms with van der Waals surface area (Å²) in [6.07, 6.45) is 6.34. The standard InChI is InChI=1S/C12H18BrN3O2/c1-2-11(12(17)18)15-5-3-10(4-6-15)16-8-9(13)7-14-16/h7-8,10-11H,2-6H2,1H3,(H,17,18)/t11-/m1/s1. The quantitative estimate of drug-likeness (QED) is 0.925. The van der Waals surface area contributed by atoms with Crippen molar-refractivity contribution in [2.24, 2.45) is 0 Å². The van der Waals surface area contributed by atoms with Gasteiger partial charge in [-0.15, -0.1) is 0 Å². The minimum atomic E-state index is -0.710. The van der Waals surface area contributed by atoms with Crippen LogP contribution in [0.3, 0.4) is 0 Å². The lowest BCUT2D eigenvalue weighted by atomic mass is 10.0. The third-order valence-electron chi connectivity index (χ3n) is 3.56. The molecule has 1 fully saturated rings. The molecule has 0 unspecified atom stereocenters. The SMILES string of the molecule is CC[C@H](C(=O)O)N1CCC(n2cc(Br)cn2)CC1. The van der Waals surface area contributed by atoms with Gasteiger partial charge in [-0.25, -0.2) is 0 Å². The Morgan fingerprint density at radius 3 is 2.72 bits per heavy atom. The number of carbonyl (C=O) groups is 1. The van der Waals surface area contributed by atoms with E-state index in [0.717, 1.165) is 30.4 Å². The van der Waals surface area contributed by atoms with Gasteiger partial charge in [-0.1, -0.05) is 6.92 Å². The van der Waals surface area contributed by atoms with Gasteiger partial charge in [0.05, 0.1) is 16.7 Å². The molecule has 2 heterocycles. The summed E-state index contributed by atoms with van der Waals surface area (Å²) in [7, 11) is 0. The van der Waals surface area contributed by atoms with Gasteiger partial charge in [-0.2, -0.15) is 5.10 Å². The number of carboxylic acids is 1. The molecular formula is C12H18BrN3O2. The maximum atomic E-state index is 11.1. The summed E-state index contributed by atoms with van der Waals surface area (Å²) in [6, 6.07) is 0.0501. The maximum absolute atomic E-state index is 11.1. The van der Waals surface area contributed by atoms with Gasteiger partial charge in [-0.05, 0) is 35.2 Å². The summed E-state index contributed by atoms with van der Waals surface area (Å²) in [5.41, 5.74) is 0. The molecule has 6 heteroatoms. The van der Waals surface area contributed by atoms with Crippen molar-refractivity contribution in [3.8, 4) is 0 Å². The van der Waals surface area contributed by atoms with Crippen LogP contribution < -0.4 is 0 Å². The van der Waals surface area contributed by atoms with Crippen LogP contribution in [0.25, 0.3) is 0 Å². The normalized spacial score (nSPS) is 19.9. The lowest BCUT2D eigenvalue weighted by molar-refractivity contribution is -0.144. The van der Waals surface area contributed by atoms with Gasteiger partial charge < -0.3 is 5.11 Å². The second kappa shape index (κ2) is 5.84. The number of piperidine rings is 1. The van der Waals surface area contributed by atoms with Gasteiger partial charge in [0.25, 0.3) is 0 Å². The van der Waals surface area contributed by atoms with Crippen LogP contribution in [0.1, 0.15) is 32.2 Å². The van der Waals surface area contributed by atoms with E-state index in [1.54, 1.807) is 6.20 Å². The van der Waals surface area contributed by atoms with Crippen LogP contribution in [-0.4, -0.2) is 44.9 Å². The molecule has 0 amide bonds. The fraction of sp³-hybridized carbons (Fsp3) is 0.667. The van der Waals surface area contributed by atoms with Gasteiger partial charge in [-0.3, -0.25) is 14.4 Å². The number of rotatable bonds is 4. The van der Waals surface area contributed by atoms with E-state index in [9.17, 15) is 4.79 Å². The number of hydrogen-bond donors (Lipinski definition) is 1. The number of aliphatic carboxylic acids is 1. The van der Waals surface area contributed by atoms with E-state index in [0.29, 0.717) is 12.5 Å². The molecule has 1 aromatic rings. The van der Waals surface area contributed by atoms with Crippen molar-refractivity contribution in [3.05, 3.63) is 16.9 Å². The van der Waals surface area contributed by atoms with Gasteiger partial charge in [0.15, 0.2) is 0 Å². The molecule has 18 heavy (non-hydrogen) atoms. The Kier molecular flexibility index (Phi) is 4.40. The summed E-state index contributed by atoms with van der Waals surface area (Å²) in [5, 5.41) is 13.4. The van der Waals surface area contributed by atoms with Crippen molar-refractivity contribution in [1.29, 1.82) is 0 Å². The Bertz CT molecular complexity index is 413. The molecule has 0 aliphatic carbocycles. The zero-order valence-corrected chi connectivity index (χ0v) is 12.0. The summed E-state index contributed by atoms with van der Waals surface area (Å²) in [5.74, 6) is -0.710. The van der Waals surface area contributed by atoms with Crippen molar-refractivity contribution in [3.63, 3.8) is 0 Å². The monoisotopic (exact) mass is 315 g/mol. The number of likely N-dealkylation sites (tertiary alicyclic amines) is 1. The van der Waals surface area contributed by atoms with Crippen molar-refractivity contribution < 1.29 is 9.90 Å². The first-order valence-corrected chi connectivity index (χ1v) is 7.07. The highest BCUT2D eigenvalue weighted by Crippen LogP contribution is 2.25. The fourth-order valence-electron chi connectivity index (χ4n) is 2.57. The predicted molar refractivity (Wildman–Crippen MR) is 71.5 cm³/mol. The van der Waals surface area contributed by atoms with E-state index in [1.165, 1.54) is 0 Å². The fourth-order valence-corrected chi connectivity index (χ4v) is 2.87. The number of nitrogens with zero attached hydrogens (tertiary/aromatic N) is 3. The second-order valence-electron chi connectivity index (χ2n) is 4.67. The Labute approximate surface area is 115 Å².